The molecule has 1 amide bonds. The van der Waals surface area contributed by atoms with Gasteiger partial charge in [0, 0.05) is 30.8 Å². The fraction of sp³-hybridized carbons (Fsp3) is 0.458. The van der Waals surface area contributed by atoms with Gasteiger partial charge in [0.2, 0.25) is 23.7 Å². The van der Waals surface area contributed by atoms with Crippen LogP contribution in [0.15, 0.2) is 18.3 Å². The van der Waals surface area contributed by atoms with Crippen molar-refractivity contribution in [3.63, 3.8) is 0 Å². The number of benzene rings is 1. The van der Waals surface area contributed by atoms with Crippen LogP contribution in [-0.4, -0.2) is 37.4 Å². The lowest BCUT2D eigenvalue weighted by Crippen LogP contribution is -2.29. The number of aromatic nitrogens is 4. The number of rotatable bonds is 6. The van der Waals surface area contributed by atoms with Crippen LogP contribution in [0, 0.1) is 28.9 Å². The quantitative estimate of drug-likeness (QED) is 0.410. The first-order valence-electron chi connectivity index (χ1n) is 12.0. The number of primary amides is 1. The van der Waals surface area contributed by atoms with Gasteiger partial charge in [-0.3, -0.25) is 9.36 Å². The average Bonchev–Trinajstić information content (AvgIpc) is 3.39. The third-order valence-corrected chi connectivity index (χ3v) is 7.04. The van der Waals surface area contributed by atoms with E-state index in [0.29, 0.717) is 36.8 Å². The Morgan fingerprint density at radius 1 is 1.14 bits per heavy atom. The number of fused-ring (bicyclic) bond motifs is 1. The number of hydrogen-bond donors (Lipinski definition) is 3. The van der Waals surface area contributed by atoms with E-state index in [-0.39, 0.29) is 54.6 Å². The molecule has 4 N–H and O–H groups in total. The highest BCUT2D eigenvalue weighted by atomic mass is 19.3. The van der Waals surface area contributed by atoms with Crippen LogP contribution in [0.2, 0.25) is 0 Å². The molecule has 0 bridgehead atoms. The number of nitrogens with zero attached hydrogens (tertiary/aromatic N) is 5. The molecule has 2 heterocycles. The smallest absolute Gasteiger partial charge is 0.250 e. The molecule has 2 aliphatic carbocycles. The van der Waals surface area contributed by atoms with Crippen LogP contribution >= 0.6 is 0 Å². The van der Waals surface area contributed by atoms with Crippen molar-refractivity contribution in [2.75, 3.05) is 10.6 Å². The van der Waals surface area contributed by atoms with Gasteiger partial charge in [0.25, 0.3) is 0 Å². The van der Waals surface area contributed by atoms with Crippen LogP contribution in [0.3, 0.4) is 0 Å². The maximum absolute atomic E-state index is 14.7. The van der Waals surface area contributed by atoms with Crippen LogP contribution in [0.5, 0.6) is 0 Å². The molecule has 194 valence electrons. The molecular weight excluding hydrogens is 492 g/mol. The summed E-state index contributed by atoms with van der Waals surface area (Å²) in [5.41, 5.74) is 5.49. The van der Waals surface area contributed by atoms with Crippen LogP contribution in [0.25, 0.3) is 11.2 Å². The summed E-state index contributed by atoms with van der Waals surface area (Å²) in [5, 5.41) is 14.6. The molecule has 2 aliphatic rings. The topological polar surface area (TPSA) is 135 Å². The van der Waals surface area contributed by atoms with E-state index in [0.717, 1.165) is 12.1 Å². The van der Waals surface area contributed by atoms with Gasteiger partial charge in [-0.1, -0.05) is 0 Å². The summed E-state index contributed by atoms with van der Waals surface area (Å²) < 4.78 is 58.3. The maximum atomic E-state index is 14.7. The Bertz CT molecular complexity index is 1370. The van der Waals surface area contributed by atoms with E-state index < -0.39 is 29.3 Å². The molecule has 0 aliphatic heterocycles. The number of anilines is 3. The average molecular weight is 517 g/mol. The minimum absolute atomic E-state index is 0.0962. The van der Waals surface area contributed by atoms with Gasteiger partial charge in [-0.25, -0.2) is 27.5 Å². The molecule has 1 atom stereocenters. The van der Waals surface area contributed by atoms with Crippen molar-refractivity contribution in [1.82, 2.24) is 19.5 Å². The number of amides is 1. The molecule has 2 aromatic heterocycles. The molecule has 9 nitrogen and oxygen atoms in total. The zero-order valence-electron chi connectivity index (χ0n) is 19.6. The Morgan fingerprint density at radius 3 is 2.43 bits per heavy atom. The molecule has 3 aromatic rings. The lowest BCUT2D eigenvalue weighted by Gasteiger charge is -2.29. The van der Waals surface area contributed by atoms with E-state index in [4.69, 9.17) is 11.0 Å². The summed E-state index contributed by atoms with van der Waals surface area (Å²) >= 11 is 0. The molecule has 0 unspecified atom stereocenters. The number of alkyl halides is 2. The Hall–Kier alpha value is -3.95. The standard InChI is InChI=1S/C24H24F4N8O/c25-16-7-12(10-29)8-17(26)19(16)34-23-33-18-11-31-22(32-14-5-6-24(27,28)9-14)35-21(18)36(23)15-3-1-13(2-4-15)20(30)37/h7-8,11,13-15H,1-6,9H2,(H2,30,37)(H,33,34)(H,31,32,35)/t13-,14-,15+/m1/s1. The van der Waals surface area contributed by atoms with Crippen molar-refractivity contribution < 1.29 is 22.4 Å². The van der Waals surface area contributed by atoms with E-state index in [2.05, 4.69) is 25.6 Å². The van der Waals surface area contributed by atoms with Crippen molar-refractivity contribution in [2.45, 2.75) is 63.0 Å². The number of imidazole rings is 1. The number of nitriles is 1. The molecular formula is C24H24F4N8O. The third-order valence-electron chi connectivity index (χ3n) is 7.04. The van der Waals surface area contributed by atoms with Crippen molar-refractivity contribution >= 4 is 34.7 Å². The van der Waals surface area contributed by atoms with Gasteiger partial charge in [0.15, 0.2) is 17.3 Å². The number of carbonyl (C=O) groups excluding carboxylic acids is 1. The van der Waals surface area contributed by atoms with Gasteiger partial charge in [0.05, 0.1) is 17.8 Å². The highest BCUT2D eigenvalue weighted by molar-refractivity contribution is 5.78. The van der Waals surface area contributed by atoms with E-state index in [1.54, 1.807) is 10.6 Å². The second-order valence-corrected chi connectivity index (χ2v) is 9.61. The first kappa shape index (κ1) is 24.7. The lowest BCUT2D eigenvalue weighted by atomic mass is 9.85. The summed E-state index contributed by atoms with van der Waals surface area (Å²) in [7, 11) is 0. The lowest BCUT2D eigenvalue weighted by molar-refractivity contribution is -0.122. The molecule has 0 saturated heterocycles. The van der Waals surface area contributed by atoms with Gasteiger partial charge >= 0.3 is 0 Å². The third kappa shape index (κ3) is 5.00. The van der Waals surface area contributed by atoms with Crippen molar-refractivity contribution in [3.05, 3.63) is 35.5 Å². The zero-order valence-corrected chi connectivity index (χ0v) is 19.6. The van der Waals surface area contributed by atoms with Gasteiger partial charge in [0.1, 0.15) is 11.2 Å². The summed E-state index contributed by atoms with van der Waals surface area (Å²) in [4.78, 5) is 24.8. The Balaban J connectivity index is 1.52. The molecule has 37 heavy (non-hydrogen) atoms. The number of nitrogens with two attached hydrogens (primary N) is 1. The Kier molecular flexibility index (Phi) is 6.35. The fourth-order valence-corrected chi connectivity index (χ4v) is 5.14. The van der Waals surface area contributed by atoms with Crippen molar-refractivity contribution in [3.8, 4) is 6.07 Å². The SMILES string of the molecule is N#Cc1cc(F)c(Nc2nc3cnc(N[C@@H]4CCC(F)(F)C4)nc3n2[C@H]2CC[C@@H](C(N)=O)CC2)c(F)c1. The number of hydrogen-bond acceptors (Lipinski definition) is 7. The van der Waals surface area contributed by atoms with Crippen molar-refractivity contribution in [1.29, 1.82) is 5.26 Å². The Morgan fingerprint density at radius 2 is 1.84 bits per heavy atom. The summed E-state index contributed by atoms with van der Waals surface area (Å²) in [6.07, 6.45) is 3.26. The summed E-state index contributed by atoms with van der Waals surface area (Å²) in [5.74, 6) is -5.09. The van der Waals surface area contributed by atoms with Gasteiger partial charge in [-0.15, -0.1) is 0 Å². The zero-order chi connectivity index (χ0) is 26.3. The second-order valence-electron chi connectivity index (χ2n) is 9.61. The monoisotopic (exact) mass is 516 g/mol. The fourth-order valence-electron chi connectivity index (χ4n) is 5.14. The largest absolute Gasteiger partial charge is 0.369 e. The first-order valence-corrected chi connectivity index (χ1v) is 12.0. The van der Waals surface area contributed by atoms with Crippen LogP contribution < -0.4 is 16.4 Å². The van der Waals surface area contributed by atoms with Gasteiger partial charge in [-0.2, -0.15) is 10.2 Å². The predicted octanol–water partition coefficient (Wildman–Crippen LogP) is 4.54. The second kappa shape index (κ2) is 9.49. The van der Waals surface area contributed by atoms with Crippen LogP contribution in [-0.2, 0) is 4.79 Å². The molecule has 1 aromatic carbocycles. The highest BCUT2D eigenvalue weighted by Gasteiger charge is 2.39. The van der Waals surface area contributed by atoms with E-state index in [9.17, 15) is 22.4 Å². The van der Waals surface area contributed by atoms with E-state index >= 15 is 0 Å². The van der Waals surface area contributed by atoms with Crippen LogP contribution in [0.4, 0.5) is 35.1 Å². The highest BCUT2D eigenvalue weighted by Crippen LogP contribution is 2.39. The van der Waals surface area contributed by atoms with Crippen molar-refractivity contribution in [2.24, 2.45) is 11.7 Å². The van der Waals surface area contributed by atoms with E-state index in [1.807, 2.05) is 0 Å². The predicted molar refractivity (Wildman–Crippen MR) is 126 cm³/mol. The Labute approximate surface area is 209 Å². The minimum atomic E-state index is -2.74. The number of carbonyl (C=O) groups is 1. The van der Waals surface area contributed by atoms with Crippen LogP contribution in [0.1, 0.15) is 56.6 Å². The first-order chi connectivity index (χ1) is 17.6. The molecule has 0 spiro atoms. The minimum Gasteiger partial charge on any atom is -0.369 e. The molecule has 0 radical (unpaired) electrons. The summed E-state index contributed by atoms with van der Waals surface area (Å²) in [6.45, 7) is 0. The molecule has 2 fully saturated rings. The number of halogens is 4. The van der Waals surface area contributed by atoms with E-state index in [1.165, 1.54) is 6.20 Å². The van der Waals surface area contributed by atoms with Gasteiger partial charge < -0.3 is 16.4 Å². The summed E-state index contributed by atoms with van der Waals surface area (Å²) in [6, 6.07) is 2.80. The normalized spacial score (nSPS) is 23.1. The number of nitrogens with one attached hydrogen (secondary N) is 2. The maximum Gasteiger partial charge on any atom is 0.250 e. The molecule has 5 rings (SSSR count). The molecule has 13 heteroatoms. The van der Waals surface area contributed by atoms with Gasteiger partial charge in [-0.05, 0) is 44.2 Å². The molecule has 2 saturated carbocycles.